The smallest absolute Gasteiger partial charge is 0.256 e. The molecular weight excluding hydrogens is 268 g/mol. The highest BCUT2D eigenvalue weighted by Gasteiger charge is 2.48. The fourth-order valence-corrected chi connectivity index (χ4v) is 2.76. The second kappa shape index (κ2) is 4.73. The highest BCUT2D eigenvalue weighted by Crippen LogP contribution is 2.40. The number of rotatable bonds is 3. The number of hydrogen-bond donors (Lipinski definition) is 2. The lowest BCUT2D eigenvalue weighted by Gasteiger charge is -2.49. The number of hydrogen-bond acceptors (Lipinski definition) is 3. The number of amides is 1. The zero-order chi connectivity index (χ0) is 15.2. The number of carbonyl (C=O) groups excluding carboxylic acids is 1. The summed E-state index contributed by atoms with van der Waals surface area (Å²) in [6.45, 7) is 3.92. The van der Waals surface area contributed by atoms with Gasteiger partial charge in [-0.2, -0.15) is 5.10 Å². The van der Waals surface area contributed by atoms with Crippen LogP contribution in [0.3, 0.4) is 0 Å². The van der Waals surface area contributed by atoms with E-state index in [1.165, 1.54) is 0 Å². The van der Waals surface area contributed by atoms with Gasteiger partial charge in [0.15, 0.2) is 0 Å². The molecule has 0 aliphatic heterocycles. The Balaban J connectivity index is 1.84. The largest absolute Gasteiger partial charge is 0.392 e. The Kier molecular flexibility index (Phi) is 3.13. The van der Waals surface area contributed by atoms with Crippen LogP contribution in [0.5, 0.6) is 0 Å². The molecule has 6 heteroatoms. The number of aliphatic hydroxyl groups is 1. The molecule has 1 fully saturated rings. The van der Waals surface area contributed by atoms with Crippen LogP contribution in [0.25, 0.3) is 5.82 Å². The molecule has 2 atom stereocenters. The average molecular weight is 288 g/mol. The molecule has 1 aliphatic carbocycles. The summed E-state index contributed by atoms with van der Waals surface area (Å²) in [5.74, 6) is 0.576. The highest BCUT2D eigenvalue weighted by molar-refractivity contribution is 5.97. The quantitative estimate of drug-likeness (QED) is 0.888. The maximum absolute atomic E-state index is 12.5. The van der Waals surface area contributed by atoms with Gasteiger partial charge >= 0.3 is 0 Å². The standard InChI is InChI=1S/C15H20N4O2/c1-15(2)11(8-12(15)20)17-13(21)10-9-16-18(3)14(10)19-6-4-5-7-19/h4-7,9,11-12,20H,8H2,1-3H3,(H,17,21). The van der Waals surface area contributed by atoms with E-state index in [1.54, 1.807) is 10.9 Å². The maximum Gasteiger partial charge on any atom is 0.256 e. The van der Waals surface area contributed by atoms with Crippen LogP contribution >= 0.6 is 0 Å². The van der Waals surface area contributed by atoms with Crippen molar-refractivity contribution < 1.29 is 9.90 Å². The third-order valence-electron chi connectivity index (χ3n) is 4.52. The van der Waals surface area contributed by atoms with E-state index in [0.717, 1.165) is 5.82 Å². The zero-order valence-electron chi connectivity index (χ0n) is 12.4. The minimum Gasteiger partial charge on any atom is -0.392 e. The Morgan fingerprint density at radius 2 is 2.10 bits per heavy atom. The average Bonchev–Trinajstić information content (AvgIpc) is 3.07. The zero-order valence-corrected chi connectivity index (χ0v) is 12.4. The molecule has 0 saturated heterocycles. The van der Waals surface area contributed by atoms with Gasteiger partial charge in [0.05, 0.1) is 12.3 Å². The summed E-state index contributed by atoms with van der Waals surface area (Å²) in [4.78, 5) is 12.5. The van der Waals surface area contributed by atoms with Gasteiger partial charge in [0.1, 0.15) is 11.4 Å². The third kappa shape index (κ3) is 2.15. The van der Waals surface area contributed by atoms with Crippen LogP contribution in [0.15, 0.2) is 30.7 Å². The molecule has 1 aliphatic rings. The van der Waals surface area contributed by atoms with Crippen LogP contribution in [0.4, 0.5) is 0 Å². The first-order valence-corrected chi connectivity index (χ1v) is 7.05. The first kappa shape index (κ1) is 13.9. The summed E-state index contributed by atoms with van der Waals surface area (Å²) < 4.78 is 3.54. The highest BCUT2D eigenvalue weighted by atomic mass is 16.3. The van der Waals surface area contributed by atoms with Crippen LogP contribution in [0, 0.1) is 5.41 Å². The van der Waals surface area contributed by atoms with Gasteiger partial charge in [-0.1, -0.05) is 13.8 Å². The van der Waals surface area contributed by atoms with E-state index in [-0.39, 0.29) is 23.5 Å². The topological polar surface area (TPSA) is 72.1 Å². The normalized spacial score (nSPS) is 23.6. The number of carbonyl (C=O) groups is 1. The molecule has 1 amide bonds. The van der Waals surface area contributed by atoms with E-state index in [0.29, 0.717) is 12.0 Å². The molecule has 0 radical (unpaired) electrons. The molecule has 0 aromatic carbocycles. The minimum atomic E-state index is -0.361. The second-order valence-electron chi connectivity index (χ2n) is 6.19. The van der Waals surface area contributed by atoms with E-state index in [1.807, 2.05) is 50.0 Å². The van der Waals surface area contributed by atoms with Gasteiger partial charge in [-0.15, -0.1) is 0 Å². The summed E-state index contributed by atoms with van der Waals surface area (Å²) in [5, 5.41) is 17.0. The van der Waals surface area contributed by atoms with E-state index in [9.17, 15) is 9.90 Å². The molecule has 0 spiro atoms. The SMILES string of the molecule is Cn1ncc(C(=O)NC2CC(O)C2(C)C)c1-n1cccc1. The summed E-state index contributed by atoms with van der Waals surface area (Å²) in [7, 11) is 1.81. The van der Waals surface area contributed by atoms with Crippen molar-refractivity contribution in [3.63, 3.8) is 0 Å². The molecule has 2 N–H and O–H groups in total. The van der Waals surface area contributed by atoms with Crippen molar-refractivity contribution in [1.82, 2.24) is 19.7 Å². The van der Waals surface area contributed by atoms with Gasteiger partial charge in [-0.3, -0.25) is 9.48 Å². The Morgan fingerprint density at radius 1 is 1.43 bits per heavy atom. The molecule has 2 unspecified atom stereocenters. The van der Waals surface area contributed by atoms with Gasteiger partial charge in [0, 0.05) is 30.9 Å². The summed E-state index contributed by atoms with van der Waals surface area (Å²) in [6, 6.07) is 3.79. The first-order valence-electron chi connectivity index (χ1n) is 7.05. The van der Waals surface area contributed by atoms with Crippen LogP contribution in [-0.2, 0) is 7.05 Å². The van der Waals surface area contributed by atoms with E-state index < -0.39 is 0 Å². The van der Waals surface area contributed by atoms with Crippen molar-refractivity contribution in [2.45, 2.75) is 32.4 Å². The van der Waals surface area contributed by atoms with E-state index in [4.69, 9.17) is 0 Å². The molecule has 2 heterocycles. The lowest BCUT2D eigenvalue weighted by atomic mass is 9.64. The summed E-state index contributed by atoms with van der Waals surface area (Å²) in [5.41, 5.74) is 0.247. The number of aryl methyl sites for hydroxylation is 1. The maximum atomic E-state index is 12.5. The Hall–Kier alpha value is -2.08. The molecule has 6 nitrogen and oxygen atoms in total. The fraction of sp³-hybridized carbons (Fsp3) is 0.467. The van der Waals surface area contributed by atoms with Crippen molar-refractivity contribution in [3.05, 3.63) is 36.3 Å². The number of nitrogens with zero attached hydrogens (tertiary/aromatic N) is 3. The molecule has 1 saturated carbocycles. The van der Waals surface area contributed by atoms with Crippen LogP contribution in [-0.4, -0.2) is 37.5 Å². The predicted molar refractivity (Wildman–Crippen MR) is 78.2 cm³/mol. The molecule has 2 aromatic rings. The second-order valence-corrected chi connectivity index (χ2v) is 6.19. The minimum absolute atomic E-state index is 0.0160. The fourth-order valence-electron chi connectivity index (χ4n) is 2.76. The Morgan fingerprint density at radius 3 is 2.67 bits per heavy atom. The lowest BCUT2D eigenvalue weighted by molar-refractivity contribution is -0.0689. The van der Waals surface area contributed by atoms with Gasteiger partial charge in [-0.25, -0.2) is 0 Å². The third-order valence-corrected chi connectivity index (χ3v) is 4.52. The molecule has 2 aromatic heterocycles. The summed E-state index contributed by atoms with van der Waals surface area (Å²) >= 11 is 0. The van der Waals surface area contributed by atoms with Crippen molar-refractivity contribution in [1.29, 1.82) is 0 Å². The molecule has 112 valence electrons. The Bertz CT molecular complexity index is 657. The Labute approximate surface area is 123 Å². The van der Waals surface area contributed by atoms with Gasteiger partial charge in [-0.05, 0) is 18.6 Å². The van der Waals surface area contributed by atoms with Gasteiger partial charge < -0.3 is 15.0 Å². The van der Waals surface area contributed by atoms with Crippen molar-refractivity contribution in [2.24, 2.45) is 12.5 Å². The van der Waals surface area contributed by atoms with E-state index >= 15 is 0 Å². The lowest BCUT2D eigenvalue weighted by Crippen LogP contribution is -2.61. The number of nitrogens with one attached hydrogen (secondary N) is 1. The van der Waals surface area contributed by atoms with Crippen LogP contribution in [0.1, 0.15) is 30.6 Å². The van der Waals surface area contributed by atoms with Gasteiger partial charge in [0.2, 0.25) is 0 Å². The van der Waals surface area contributed by atoms with Crippen molar-refractivity contribution in [3.8, 4) is 5.82 Å². The number of aliphatic hydroxyl groups excluding tert-OH is 1. The van der Waals surface area contributed by atoms with Crippen molar-refractivity contribution in [2.75, 3.05) is 0 Å². The molecule has 21 heavy (non-hydrogen) atoms. The number of aromatic nitrogens is 3. The first-order chi connectivity index (χ1) is 9.91. The molecule has 3 rings (SSSR count). The van der Waals surface area contributed by atoms with E-state index in [2.05, 4.69) is 10.4 Å². The van der Waals surface area contributed by atoms with Crippen molar-refractivity contribution >= 4 is 5.91 Å². The van der Waals surface area contributed by atoms with Crippen LogP contribution < -0.4 is 5.32 Å². The molecule has 0 bridgehead atoms. The molecular formula is C15H20N4O2. The van der Waals surface area contributed by atoms with Crippen LogP contribution in [0.2, 0.25) is 0 Å². The monoisotopic (exact) mass is 288 g/mol. The summed E-state index contributed by atoms with van der Waals surface area (Å²) in [6.07, 6.45) is 5.57. The van der Waals surface area contributed by atoms with Gasteiger partial charge in [0.25, 0.3) is 5.91 Å². The predicted octanol–water partition coefficient (Wildman–Crippen LogP) is 1.10.